The first-order valence-electron chi connectivity index (χ1n) is 6.78. The summed E-state index contributed by atoms with van der Waals surface area (Å²) in [6, 6.07) is 10.9. The van der Waals surface area contributed by atoms with Crippen LogP contribution in [0.25, 0.3) is 0 Å². The van der Waals surface area contributed by atoms with E-state index in [4.69, 9.17) is 4.74 Å². The number of Topliss-reactive ketones (excluding diaryl/α,β-unsaturated/α-hetero) is 1. The molecule has 0 atom stereocenters. The molecule has 8 heteroatoms. The minimum atomic E-state index is -0.673. The van der Waals surface area contributed by atoms with Gasteiger partial charge in [-0.25, -0.2) is 4.39 Å². The summed E-state index contributed by atoms with van der Waals surface area (Å²) in [6.45, 7) is -0.470. The Balaban J connectivity index is 1.85. The largest absolute Gasteiger partial charge is 0.457 e. The molecule has 24 heavy (non-hydrogen) atoms. The number of para-hydroxylation sites is 1. The molecule has 0 bridgehead atoms. The van der Waals surface area contributed by atoms with Gasteiger partial charge in [-0.1, -0.05) is 12.1 Å². The number of ether oxygens (including phenoxy) is 1. The number of hydrogen-bond donors (Lipinski definition) is 0. The summed E-state index contributed by atoms with van der Waals surface area (Å²) in [5.74, 6) is -1.77. The molecular formula is C16H12FNO5S. The number of carbonyl (C=O) groups is 2. The number of nitro benzene ring substituents is 1. The van der Waals surface area contributed by atoms with E-state index in [2.05, 4.69) is 0 Å². The number of esters is 1. The summed E-state index contributed by atoms with van der Waals surface area (Å²) in [5.41, 5.74) is 0.133. The fourth-order valence-corrected chi connectivity index (χ4v) is 2.60. The van der Waals surface area contributed by atoms with Gasteiger partial charge in [0.2, 0.25) is 0 Å². The first-order chi connectivity index (χ1) is 11.5. The molecule has 0 unspecified atom stereocenters. The maximum Gasteiger partial charge on any atom is 0.316 e. The standard InChI is InChI=1S/C16H12FNO5S/c17-12-7-5-11(6-8-12)14(19)9-23-16(20)10-24-15-4-2-1-3-13(15)18(21)22/h1-8H,9-10H2. The van der Waals surface area contributed by atoms with E-state index in [1.807, 2.05) is 0 Å². The molecule has 0 fully saturated rings. The fourth-order valence-electron chi connectivity index (χ4n) is 1.77. The monoisotopic (exact) mass is 349 g/mol. The van der Waals surface area contributed by atoms with Crippen molar-refractivity contribution in [3.05, 3.63) is 70.0 Å². The minimum absolute atomic E-state index is 0.0994. The third-order valence-electron chi connectivity index (χ3n) is 2.94. The zero-order valence-corrected chi connectivity index (χ0v) is 13.1. The van der Waals surface area contributed by atoms with Crippen molar-refractivity contribution in [2.75, 3.05) is 12.4 Å². The van der Waals surface area contributed by atoms with Crippen LogP contribution in [-0.4, -0.2) is 29.0 Å². The Kier molecular flexibility index (Phi) is 6.02. The molecule has 124 valence electrons. The second-order valence-electron chi connectivity index (χ2n) is 4.60. The smallest absolute Gasteiger partial charge is 0.316 e. The number of carbonyl (C=O) groups excluding carboxylic acids is 2. The summed E-state index contributed by atoms with van der Waals surface area (Å²) in [6.07, 6.45) is 0. The molecule has 0 aliphatic heterocycles. The summed E-state index contributed by atoms with van der Waals surface area (Å²) in [4.78, 5) is 34.1. The van der Waals surface area contributed by atoms with Crippen LogP contribution in [0.2, 0.25) is 0 Å². The molecule has 0 spiro atoms. The molecule has 0 radical (unpaired) electrons. The van der Waals surface area contributed by atoms with Crippen LogP contribution in [-0.2, 0) is 9.53 Å². The fraction of sp³-hybridized carbons (Fsp3) is 0.125. The van der Waals surface area contributed by atoms with Gasteiger partial charge in [0.15, 0.2) is 12.4 Å². The van der Waals surface area contributed by atoms with Crippen molar-refractivity contribution in [3.63, 3.8) is 0 Å². The molecule has 0 aliphatic carbocycles. The van der Waals surface area contributed by atoms with Gasteiger partial charge in [0.05, 0.1) is 15.6 Å². The van der Waals surface area contributed by atoms with Crippen molar-refractivity contribution in [2.24, 2.45) is 0 Å². The maximum atomic E-state index is 12.8. The lowest BCUT2D eigenvalue weighted by atomic mass is 10.1. The summed E-state index contributed by atoms with van der Waals surface area (Å²) >= 11 is 0.956. The predicted octanol–water partition coefficient (Wildman–Crippen LogP) is 3.25. The average Bonchev–Trinajstić information content (AvgIpc) is 2.58. The van der Waals surface area contributed by atoms with E-state index in [0.29, 0.717) is 4.90 Å². The van der Waals surface area contributed by atoms with Crippen LogP contribution in [0, 0.1) is 15.9 Å². The summed E-state index contributed by atoms with van der Waals surface area (Å²) < 4.78 is 17.6. The topological polar surface area (TPSA) is 86.5 Å². The van der Waals surface area contributed by atoms with Crippen LogP contribution in [0.1, 0.15) is 10.4 Å². The lowest BCUT2D eigenvalue weighted by Gasteiger charge is -2.05. The normalized spacial score (nSPS) is 10.2. The first kappa shape index (κ1) is 17.6. The second-order valence-corrected chi connectivity index (χ2v) is 5.62. The Morgan fingerprint density at radius 1 is 1.12 bits per heavy atom. The van der Waals surface area contributed by atoms with Crippen molar-refractivity contribution >= 4 is 29.2 Å². The third kappa shape index (κ3) is 4.88. The van der Waals surface area contributed by atoms with Crippen molar-refractivity contribution < 1.29 is 23.6 Å². The molecule has 0 aromatic heterocycles. The van der Waals surface area contributed by atoms with Crippen LogP contribution in [0.5, 0.6) is 0 Å². The van der Waals surface area contributed by atoms with Gasteiger partial charge in [-0.15, -0.1) is 11.8 Å². The number of thioether (sulfide) groups is 1. The first-order valence-corrected chi connectivity index (χ1v) is 7.76. The number of halogens is 1. The van der Waals surface area contributed by atoms with E-state index in [9.17, 15) is 24.1 Å². The lowest BCUT2D eigenvalue weighted by Crippen LogP contribution is -2.15. The van der Waals surface area contributed by atoms with E-state index in [1.165, 1.54) is 30.3 Å². The van der Waals surface area contributed by atoms with E-state index in [0.717, 1.165) is 23.9 Å². The molecule has 0 saturated carbocycles. The highest BCUT2D eigenvalue weighted by atomic mass is 32.2. The molecule has 2 aromatic rings. The van der Waals surface area contributed by atoms with Gasteiger partial charge < -0.3 is 4.74 Å². The van der Waals surface area contributed by atoms with Crippen molar-refractivity contribution in [1.82, 2.24) is 0 Å². The van der Waals surface area contributed by atoms with Gasteiger partial charge in [-0.05, 0) is 30.3 Å². The summed E-state index contributed by atoms with van der Waals surface area (Å²) in [5, 5.41) is 10.9. The number of nitrogens with zero attached hydrogens (tertiary/aromatic N) is 1. The molecule has 0 aliphatic rings. The van der Waals surface area contributed by atoms with Gasteiger partial charge in [-0.3, -0.25) is 19.7 Å². The Morgan fingerprint density at radius 3 is 2.46 bits per heavy atom. The SMILES string of the molecule is O=C(CSc1ccccc1[N+](=O)[O-])OCC(=O)c1ccc(F)cc1. The third-order valence-corrected chi connectivity index (χ3v) is 3.97. The highest BCUT2D eigenvalue weighted by Gasteiger charge is 2.15. The molecule has 6 nitrogen and oxygen atoms in total. The number of hydrogen-bond acceptors (Lipinski definition) is 6. The second kappa shape index (κ2) is 8.21. The predicted molar refractivity (Wildman–Crippen MR) is 85.5 cm³/mol. The Bertz CT molecular complexity index is 763. The highest BCUT2D eigenvalue weighted by molar-refractivity contribution is 8.00. The lowest BCUT2D eigenvalue weighted by molar-refractivity contribution is -0.387. The number of benzene rings is 2. The zero-order valence-electron chi connectivity index (χ0n) is 12.3. The molecular weight excluding hydrogens is 337 g/mol. The Labute approximate surface area is 140 Å². The van der Waals surface area contributed by atoms with Crippen molar-refractivity contribution in [3.8, 4) is 0 Å². The van der Waals surface area contributed by atoms with Crippen molar-refractivity contribution in [1.29, 1.82) is 0 Å². The minimum Gasteiger partial charge on any atom is -0.457 e. The molecule has 0 amide bonds. The molecule has 2 aromatic carbocycles. The maximum absolute atomic E-state index is 12.8. The Morgan fingerprint density at radius 2 is 1.79 bits per heavy atom. The van der Waals surface area contributed by atoms with E-state index in [1.54, 1.807) is 6.07 Å². The van der Waals surface area contributed by atoms with Gasteiger partial charge in [0.1, 0.15) is 5.82 Å². The van der Waals surface area contributed by atoms with Gasteiger partial charge in [0.25, 0.3) is 5.69 Å². The zero-order chi connectivity index (χ0) is 17.5. The van der Waals surface area contributed by atoms with E-state index in [-0.39, 0.29) is 17.0 Å². The molecule has 0 heterocycles. The van der Waals surface area contributed by atoms with Gasteiger partial charge in [0, 0.05) is 11.6 Å². The highest BCUT2D eigenvalue weighted by Crippen LogP contribution is 2.28. The Hall–Kier alpha value is -2.74. The number of nitro groups is 1. The van der Waals surface area contributed by atoms with Crippen molar-refractivity contribution in [2.45, 2.75) is 4.90 Å². The van der Waals surface area contributed by atoms with Crippen LogP contribution in [0.4, 0.5) is 10.1 Å². The van der Waals surface area contributed by atoms with Gasteiger partial charge in [-0.2, -0.15) is 0 Å². The molecule has 0 saturated heterocycles. The molecule has 0 N–H and O–H groups in total. The average molecular weight is 349 g/mol. The summed E-state index contributed by atoms with van der Waals surface area (Å²) in [7, 11) is 0. The van der Waals surface area contributed by atoms with Crippen LogP contribution < -0.4 is 0 Å². The van der Waals surface area contributed by atoms with Crippen LogP contribution in [0.3, 0.4) is 0 Å². The van der Waals surface area contributed by atoms with Crippen LogP contribution >= 0.6 is 11.8 Å². The van der Waals surface area contributed by atoms with Crippen LogP contribution in [0.15, 0.2) is 53.4 Å². The number of rotatable bonds is 7. The van der Waals surface area contributed by atoms with Gasteiger partial charge >= 0.3 is 5.97 Å². The van der Waals surface area contributed by atoms with E-state index >= 15 is 0 Å². The van der Waals surface area contributed by atoms with E-state index < -0.39 is 29.1 Å². The number of ketones is 1. The molecule has 2 rings (SSSR count). The quantitative estimate of drug-likeness (QED) is 0.251.